The van der Waals surface area contributed by atoms with Crippen LogP contribution in [-0.2, 0) is 6.54 Å². The second-order valence-electron chi connectivity index (χ2n) is 6.87. The third kappa shape index (κ3) is 3.51. The standard InChI is InChI=1S/C16H29BrN4/c1-4-9-21-14(13(17)11-19-21)15(20-18)16(10-12(2)3)7-5-6-8-16/h11-12,15,20H,4-10,18H2,1-3H3. The zero-order chi connectivity index (χ0) is 15.5. The van der Waals surface area contributed by atoms with Crippen molar-refractivity contribution in [3.8, 4) is 0 Å². The van der Waals surface area contributed by atoms with Gasteiger partial charge in [-0.25, -0.2) is 0 Å². The Bertz CT molecular complexity index is 449. The van der Waals surface area contributed by atoms with Gasteiger partial charge >= 0.3 is 0 Å². The quantitative estimate of drug-likeness (QED) is 0.569. The molecule has 3 N–H and O–H groups in total. The molecule has 1 aliphatic carbocycles. The van der Waals surface area contributed by atoms with Crippen molar-refractivity contribution in [2.45, 2.75) is 71.9 Å². The molecule has 0 aromatic carbocycles. The Hall–Kier alpha value is -0.390. The molecule has 1 heterocycles. The van der Waals surface area contributed by atoms with Gasteiger partial charge in [0, 0.05) is 6.54 Å². The first-order valence-corrected chi connectivity index (χ1v) is 9.00. The fraction of sp³-hybridized carbons (Fsp3) is 0.812. The van der Waals surface area contributed by atoms with Crippen molar-refractivity contribution in [2.75, 3.05) is 0 Å². The first kappa shape index (κ1) is 17.0. The maximum absolute atomic E-state index is 6.03. The summed E-state index contributed by atoms with van der Waals surface area (Å²) >= 11 is 3.69. The van der Waals surface area contributed by atoms with Crippen LogP contribution in [0, 0.1) is 11.3 Å². The molecule has 0 aliphatic heterocycles. The molecule has 0 radical (unpaired) electrons. The van der Waals surface area contributed by atoms with E-state index in [0.29, 0.717) is 5.92 Å². The van der Waals surface area contributed by atoms with E-state index >= 15 is 0 Å². The van der Waals surface area contributed by atoms with Gasteiger partial charge in [0.05, 0.1) is 22.4 Å². The molecule has 21 heavy (non-hydrogen) atoms. The fourth-order valence-electron chi connectivity index (χ4n) is 4.10. The molecule has 1 aromatic heterocycles. The SMILES string of the molecule is CCCn1ncc(Br)c1C(NN)C1(CC(C)C)CCCC1. The molecule has 1 atom stereocenters. The summed E-state index contributed by atoms with van der Waals surface area (Å²) in [5.41, 5.74) is 4.63. The first-order chi connectivity index (χ1) is 10.0. The molecule has 0 saturated heterocycles. The zero-order valence-corrected chi connectivity index (χ0v) is 15.1. The lowest BCUT2D eigenvalue weighted by Crippen LogP contribution is -2.42. The summed E-state index contributed by atoms with van der Waals surface area (Å²) in [5.74, 6) is 6.71. The van der Waals surface area contributed by atoms with Crippen LogP contribution in [0.2, 0.25) is 0 Å². The summed E-state index contributed by atoms with van der Waals surface area (Å²) < 4.78 is 3.20. The number of hydrazine groups is 1. The normalized spacial score (nSPS) is 19.3. The number of hydrogen-bond acceptors (Lipinski definition) is 3. The van der Waals surface area contributed by atoms with E-state index in [1.807, 2.05) is 6.20 Å². The molecular weight excluding hydrogens is 328 g/mol. The minimum absolute atomic E-state index is 0.172. The highest BCUT2D eigenvalue weighted by Gasteiger charge is 2.44. The van der Waals surface area contributed by atoms with E-state index in [0.717, 1.165) is 17.4 Å². The van der Waals surface area contributed by atoms with Crippen molar-refractivity contribution < 1.29 is 0 Å². The lowest BCUT2D eigenvalue weighted by Gasteiger charge is -2.39. The topological polar surface area (TPSA) is 55.9 Å². The average Bonchev–Trinajstić information content (AvgIpc) is 3.01. The Balaban J connectivity index is 2.39. The number of rotatable bonds is 7. The van der Waals surface area contributed by atoms with Crippen LogP contribution >= 0.6 is 15.9 Å². The first-order valence-electron chi connectivity index (χ1n) is 8.21. The molecule has 0 bridgehead atoms. The van der Waals surface area contributed by atoms with Gasteiger partial charge in [0.1, 0.15) is 0 Å². The Kier molecular flexibility index (Phi) is 5.86. The molecule has 1 aromatic rings. The second kappa shape index (κ2) is 7.25. The number of aromatic nitrogens is 2. The van der Waals surface area contributed by atoms with Gasteiger partial charge < -0.3 is 0 Å². The monoisotopic (exact) mass is 356 g/mol. The van der Waals surface area contributed by atoms with E-state index in [9.17, 15) is 0 Å². The second-order valence-corrected chi connectivity index (χ2v) is 7.72. The third-order valence-electron chi connectivity index (χ3n) is 4.74. The van der Waals surface area contributed by atoms with Crippen LogP contribution in [0.1, 0.15) is 71.0 Å². The molecular formula is C16H29BrN4. The Morgan fingerprint density at radius 1 is 1.43 bits per heavy atom. The summed E-state index contributed by atoms with van der Waals surface area (Å²) in [7, 11) is 0. The van der Waals surface area contributed by atoms with Crippen LogP contribution in [0.15, 0.2) is 10.7 Å². The van der Waals surface area contributed by atoms with Gasteiger partial charge in [0.2, 0.25) is 0 Å². The fourth-order valence-corrected chi connectivity index (χ4v) is 4.62. The predicted octanol–water partition coefficient (Wildman–Crippen LogP) is 4.17. The third-order valence-corrected chi connectivity index (χ3v) is 5.35. The Morgan fingerprint density at radius 3 is 2.62 bits per heavy atom. The molecule has 0 amide bonds. The number of hydrogen-bond donors (Lipinski definition) is 2. The molecule has 0 spiro atoms. The van der Waals surface area contributed by atoms with Crippen molar-refractivity contribution in [3.63, 3.8) is 0 Å². The van der Waals surface area contributed by atoms with Gasteiger partial charge in [-0.05, 0) is 52.9 Å². The highest BCUT2D eigenvalue weighted by molar-refractivity contribution is 9.10. The summed E-state index contributed by atoms with van der Waals surface area (Å²) in [6.07, 6.45) is 9.33. The molecule has 2 rings (SSSR count). The van der Waals surface area contributed by atoms with Gasteiger partial charge in [-0.3, -0.25) is 16.0 Å². The van der Waals surface area contributed by atoms with Gasteiger partial charge in [0.25, 0.3) is 0 Å². The minimum atomic E-state index is 0.172. The highest BCUT2D eigenvalue weighted by atomic mass is 79.9. The zero-order valence-electron chi connectivity index (χ0n) is 13.5. The number of nitrogens with two attached hydrogens (primary N) is 1. The Labute approximate surface area is 137 Å². The van der Waals surface area contributed by atoms with E-state index in [1.54, 1.807) is 0 Å². The predicted molar refractivity (Wildman–Crippen MR) is 90.6 cm³/mol. The molecule has 1 unspecified atom stereocenters. The van der Waals surface area contributed by atoms with E-state index in [4.69, 9.17) is 5.84 Å². The van der Waals surface area contributed by atoms with E-state index < -0.39 is 0 Å². The number of aryl methyl sites for hydroxylation is 1. The molecule has 5 heteroatoms. The van der Waals surface area contributed by atoms with Crippen molar-refractivity contribution in [1.82, 2.24) is 15.2 Å². The maximum Gasteiger partial charge on any atom is 0.0714 e. The van der Waals surface area contributed by atoms with E-state index in [2.05, 4.69) is 51.9 Å². The van der Waals surface area contributed by atoms with Crippen LogP contribution in [0.5, 0.6) is 0 Å². The van der Waals surface area contributed by atoms with Crippen molar-refractivity contribution in [2.24, 2.45) is 17.2 Å². The number of nitrogens with one attached hydrogen (secondary N) is 1. The lowest BCUT2D eigenvalue weighted by atomic mass is 9.71. The van der Waals surface area contributed by atoms with Crippen molar-refractivity contribution >= 4 is 15.9 Å². The van der Waals surface area contributed by atoms with E-state index in [-0.39, 0.29) is 11.5 Å². The highest BCUT2D eigenvalue weighted by Crippen LogP contribution is 2.52. The summed E-state index contributed by atoms with van der Waals surface area (Å²) in [6.45, 7) is 7.75. The van der Waals surface area contributed by atoms with Crippen LogP contribution in [0.3, 0.4) is 0 Å². The van der Waals surface area contributed by atoms with Gasteiger partial charge in [-0.1, -0.05) is 33.6 Å². The molecule has 1 saturated carbocycles. The van der Waals surface area contributed by atoms with Crippen LogP contribution in [0.25, 0.3) is 0 Å². The average molecular weight is 357 g/mol. The van der Waals surface area contributed by atoms with Crippen LogP contribution < -0.4 is 11.3 Å². The molecule has 1 fully saturated rings. The molecule has 120 valence electrons. The van der Waals surface area contributed by atoms with Gasteiger partial charge in [-0.2, -0.15) is 5.10 Å². The minimum Gasteiger partial charge on any atom is -0.271 e. The van der Waals surface area contributed by atoms with Gasteiger partial charge in [0.15, 0.2) is 0 Å². The summed E-state index contributed by atoms with van der Waals surface area (Å²) in [5, 5.41) is 4.53. The maximum atomic E-state index is 6.03. The molecule has 4 nitrogen and oxygen atoms in total. The number of nitrogens with zero attached hydrogens (tertiary/aromatic N) is 2. The summed E-state index contributed by atoms with van der Waals surface area (Å²) in [4.78, 5) is 0. The van der Waals surface area contributed by atoms with Crippen molar-refractivity contribution in [3.05, 3.63) is 16.4 Å². The van der Waals surface area contributed by atoms with Crippen LogP contribution in [0.4, 0.5) is 0 Å². The summed E-state index contributed by atoms with van der Waals surface area (Å²) in [6, 6.07) is 0.172. The van der Waals surface area contributed by atoms with Crippen molar-refractivity contribution in [1.29, 1.82) is 0 Å². The number of halogens is 1. The van der Waals surface area contributed by atoms with E-state index in [1.165, 1.54) is 37.8 Å². The smallest absolute Gasteiger partial charge is 0.0714 e. The van der Waals surface area contributed by atoms with Crippen LogP contribution in [-0.4, -0.2) is 9.78 Å². The van der Waals surface area contributed by atoms with Gasteiger partial charge in [-0.15, -0.1) is 0 Å². The lowest BCUT2D eigenvalue weighted by molar-refractivity contribution is 0.148. The largest absolute Gasteiger partial charge is 0.271 e. The Morgan fingerprint density at radius 2 is 2.10 bits per heavy atom. The molecule has 1 aliphatic rings.